The topological polar surface area (TPSA) is 73.1 Å². The lowest BCUT2D eigenvalue weighted by atomic mass is 10.2. The molecular weight excluding hydrogens is 268 g/mol. The fraction of sp³-hybridized carbons (Fsp3) is 0.417. The number of nitrogens with one attached hydrogen (secondary N) is 1. The van der Waals surface area contributed by atoms with Gasteiger partial charge in [0.25, 0.3) is 0 Å². The molecule has 1 atom stereocenters. The Morgan fingerprint density at radius 2 is 2.37 bits per heavy atom. The smallest absolute Gasteiger partial charge is 0.249 e. The summed E-state index contributed by atoms with van der Waals surface area (Å²) in [5, 5.41) is 7.49. The Hall–Kier alpha value is -1.66. The van der Waals surface area contributed by atoms with Crippen LogP contribution in [0.25, 0.3) is 0 Å². The first kappa shape index (κ1) is 13.8. The first-order valence-electron chi connectivity index (χ1n) is 5.93. The van der Waals surface area contributed by atoms with Gasteiger partial charge < -0.3 is 14.6 Å². The van der Waals surface area contributed by atoms with Crippen LogP contribution in [0.2, 0.25) is 5.15 Å². The predicted octanol–water partition coefficient (Wildman–Crippen LogP) is 2.83. The van der Waals surface area contributed by atoms with E-state index in [9.17, 15) is 0 Å². The average molecular weight is 283 g/mol. The van der Waals surface area contributed by atoms with Gasteiger partial charge in [-0.1, -0.05) is 23.7 Å². The third kappa shape index (κ3) is 3.42. The van der Waals surface area contributed by atoms with Crippen LogP contribution in [0.5, 0.6) is 0 Å². The Kier molecular flexibility index (Phi) is 4.70. The van der Waals surface area contributed by atoms with Gasteiger partial charge in [0, 0.05) is 13.3 Å². The summed E-state index contributed by atoms with van der Waals surface area (Å²) in [5.41, 5.74) is 0.738. The van der Waals surface area contributed by atoms with Gasteiger partial charge in [0.1, 0.15) is 12.6 Å². The highest BCUT2D eigenvalue weighted by molar-refractivity contribution is 6.31. The molecule has 7 heteroatoms. The minimum atomic E-state index is -0.111. The van der Waals surface area contributed by atoms with E-state index in [-0.39, 0.29) is 6.04 Å². The highest BCUT2D eigenvalue weighted by Crippen LogP contribution is 2.25. The maximum absolute atomic E-state index is 6.01. The van der Waals surface area contributed by atoms with Gasteiger partial charge in [-0.05, 0) is 18.6 Å². The van der Waals surface area contributed by atoms with Crippen molar-refractivity contribution in [1.29, 1.82) is 0 Å². The zero-order valence-corrected chi connectivity index (χ0v) is 11.5. The molecular formula is C12H15ClN4O2. The summed E-state index contributed by atoms with van der Waals surface area (Å²) < 4.78 is 10.2. The highest BCUT2D eigenvalue weighted by Gasteiger charge is 2.18. The van der Waals surface area contributed by atoms with Crippen molar-refractivity contribution >= 4 is 17.3 Å². The normalized spacial score (nSPS) is 12.4. The Morgan fingerprint density at radius 1 is 1.53 bits per heavy atom. The molecule has 2 heterocycles. The summed E-state index contributed by atoms with van der Waals surface area (Å²) in [6, 6.07) is 3.55. The molecule has 0 amide bonds. The molecule has 1 N–H and O–H groups in total. The van der Waals surface area contributed by atoms with E-state index in [0.717, 1.165) is 12.1 Å². The van der Waals surface area contributed by atoms with Crippen LogP contribution in [-0.2, 0) is 11.3 Å². The van der Waals surface area contributed by atoms with Crippen LogP contribution < -0.4 is 5.32 Å². The fourth-order valence-corrected chi connectivity index (χ4v) is 1.79. The van der Waals surface area contributed by atoms with Crippen molar-refractivity contribution in [1.82, 2.24) is 15.1 Å². The Bertz CT molecular complexity index is 532. The number of anilines is 1. The van der Waals surface area contributed by atoms with E-state index < -0.39 is 0 Å². The second-order valence-corrected chi connectivity index (χ2v) is 4.29. The number of nitrogens with zero attached hydrogens (tertiary/aromatic N) is 3. The number of rotatable bonds is 6. The highest BCUT2D eigenvalue weighted by atomic mass is 35.5. The maximum Gasteiger partial charge on any atom is 0.249 e. The first-order chi connectivity index (χ1) is 9.24. The van der Waals surface area contributed by atoms with E-state index in [1.165, 1.54) is 0 Å². The number of pyridine rings is 1. The molecule has 0 fully saturated rings. The second-order valence-electron chi connectivity index (χ2n) is 3.93. The van der Waals surface area contributed by atoms with E-state index in [4.69, 9.17) is 20.9 Å². The molecule has 0 bridgehead atoms. The molecule has 0 saturated carbocycles. The van der Waals surface area contributed by atoms with Crippen LogP contribution in [-0.4, -0.2) is 22.2 Å². The first-order valence-corrected chi connectivity index (χ1v) is 6.30. The van der Waals surface area contributed by atoms with E-state index in [2.05, 4.69) is 20.4 Å². The monoisotopic (exact) mass is 282 g/mol. The van der Waals surface area contributed by atoms with Crippen LogP contribution >= 0.6 is 11.6 Å². The molecule has 0 aliphatic carbocycles. The standard InChI is InChI=1S/C12H15ClN4O2/c1-3-8(12-16-10(7-18-2)17-19-12)15-9-5-4-6-14-11(9)13/h4-6,8,15H,3,7H2,1-2H3. The third-order valence-corrected chi connectivity index (χ3v) is 2.85. The van der Waals surface area contributed by atoms with E-state index in [1.807, 2.05) is 19.1 Å². The second kappa shape index (κ2) is 6.49. The van der Waals surface area contributed by atoms with Crippen molar-refractivity contribution < 1.29 is 9.26 Å². The van der Waals surface area contributed by atoms with E-state index in [0.29, 0.717) is 23.5 Å². The SMILES string of the molecule is CCC(Nc1cccnc1Cl)c1nc(COC)no1. The fourth-order valence-electron chi connectivity index (χ4n) is 1.62. The molecule has 19 heavy (non-hydrogen) atoms. The third-order valence-electron chi connectivity index (χ3n) is 2.55. The lowest BCUT2D eigenvalue weighted by molar-refractivity contribution is 0.174. The maximum atomic E-state index is 6.01. The van der Waals surface area contributed by atoms with Crippen molar-refractivity contribution in [3.63, 3.8) is 0 Å². The summed E-state index contributed by atoms with van der Waals surface area (Å²) in [6.45, 7) is 2.34. The number of hydrogen-bond acceptors (Lipinski definition) is 6. The Morgan fingerprint density at radius 3 is 3.05 bits per heavy atom. The lowest BCUT2D eigenvalue weighted by Gasteiger charge is -2.14. The van der Waals surface area contributed by atoms with Crippen LogP contribution in [0.4, 0.5) is 5.69 Å². The molecule has 2 rings (SSSR count). The van der Waals surface area contributed by atoms with Gasteiger partial charge in [0.05, 0.1) is 5.69 Å². The molecule has 2 aromatic heterocycles. The van der Waals surface area contributed by atoms with Crippen molar-refractivity contribution in [3.05, 3.63) is 35.2 Å². The van der Waals surface area contributed by atoms with Crippen LogP contribution in [0.1, 0.15) is 31.1 Å². The van der Waals surface area contributed by atoms with Gasteiger partial charge in [0.2, 0.25) is 5.89 Å². The van der Waals surface area contributed by atoms with Crippen molar-refractivity contribution in [2.45, 2.75) is 26.0 Å². The summed E-state index contributed by atoms with van der Waals surface area (Å²) >= 11 is 6.01. The molecule has 0 aromatic carbocycles. The molecule has 0 radical (unpaired) electrons. The molecule has 0 spiro atoms. The van der Waals surface area contributed by atoms with Gasteiger partial charge in [-0.25, -0.2) is 4.98 Å². The molecule has 2 aromatic rings. The lowest BCUT2D eigenvalue weighted by Crippen LogP contribution is -2.11. The zero-order valence-electron chi connectivity index (χ0n) is 10.8. The predicted molar refractivity (Wildman–Crippen MR) is 70.9 cm³/mol. The van der Waals surface area contributed by atoms with Crippen molar-refractivity contribution in [2.24, 2.45) is 0 Å². The molecule has 0 saturated heterocycles. The van der Waals surface area contributed by atoms with Crippen molar-refractivity contribution in [2.75, 3.05) is 12.4 Å². The zero-order chi connectivity index (χ0) is 13.7. The number of hydrogen-bond donors (Lipinski definition) is 1. The average Bonchev–Trinajstić information content (AvgIpc) is 2.87. The van der Waals surface area contributed by atoms with Gasteiger partial charge in [-0.15, -0.1) is 0 Å². The van der Waals surface area contributed by atoms with Crippen molar-refractivity contribution in [3.8, 4) is 0 Å². The number of halogens is 1. The summed E-state index contributed by atoms with van der Waals surface area (Å²) in [7, 11) is 1.58. The summed E-state index contributed by atoms with van der Waals surface area (Å²) in [6.07, 6.45) is 2.41. The molecule has 102 valence electrons. The van der Waals surface area contributed by atoms with Gasteiger partial charge in [-0.2, -0.15) is 4.98 Å². The van der Waals surface area contributed by atoms with Gasteiger partial charge >= 0.3 is 0 Å². The minimum absolute atomic E-state index is 0.111. The van der Waals surface area contributed by atoms with Gasteiger partial charge in [0.15, 0.2) is 11.0 Å². The number of ether oxygens (including phenoxy) is 1. The van der Waals surface area contributed by atoms with Gasteiger partial charge in [-0.3, -0.25) is 0 Å². The summed E-state index contributed by atoms with van der Waals surface area (Å²) in [5.74, 6) is 1.03. The largest absolute Gasteiger partial charge is 0.377 e. The van der Waals surface area contributed by atoms with E-state index in [1.54, 1.807) is 13.3 Å². The molecule has 1 unspecified atom stereocenters. The van der Waals surface area contributed by atoms with Crippen LogP contribution in [0.15, 0.2) is 22.9 Å². The molecule has 0 aliphatic heterocycles. The van der Waals surface area contributed by atoms with Crippen LogP contribution in [0, 0.1) is 0 Å². The number of aromatic nitrogens is 3. The minimum Gasteiger partial charge on any atom is -0.377 e. The molecule has 0 aliphatic rings. The molecule has 6 nitrogen and oxygen atoms in total. The quantitative estimate of drug-likeness (QED) is 0.821. The van der Waals surface area contributed by atoms with Crippen LogP contribution in [0.3, 0.4) is 0 Å². The Labute approximate surface area is 116 Å². The summed E-state index contributed by atoms with van der Waals surface area (Å²) in [4.78, 5) is 8.28. The van der Waals surface area contributed by atoms with E-state index >= 15 is 0 Å². The number of methoxy groups -OCH3 is 1. The Balaban J connectivity index is 2.13.